The Morgan fingerprint density at radius 3 is 2.40 bits per heavy atom. The maximum atomic E-state index is 12.7. The third kappa shape index (κ3) is 4.86. The largest absolute Gasteiger partial charge is 0.497 e. The fourth-order valence-corrected chi connectivity index (χ4v) is 2.43. The third-order valence-electron chi connectivity index (χ3n) is 3.92. The number of furan rings is 1. The molecular formula is C19H24N2O4. The Bertz CT molecular complexity index is 693. The highest BCUT2D eigenvalue weighted by atomic mass is 16.5. The summed E-state index contributed by atoms with van der Waals surface area (Å²) in [4.78, 5) is 26.7. The molecule has 6 heteroatoms. The molecule has 2 aromatic rings. The number of nitrogens with one attached hydrogen (secondary N) is 1. The van der Waals surface area contributed by atoms with Crippen LogP contribution in [0, 0.1) is 5.92 Å². The Morgan fingerprint density at radius 1 is 1.20 bits per heavy atom. The second kappa shape index (κ2) is 8.37. The minimum Gasteiger partial charge on any atom is -0.497 e. The van der Waals surface area contributed by atoms with E-state index in [1.807, 2.05) is 19.9 Å². The fraction of sp³-hybridized carbons (Fsp3) is 0.368. The first kappa shape index (κ1) is 18.6. The minimum absolute atomic E-state index is 0.0475. The monoisotopic (exact) mass is 344 g/mol. The number of carbonyl (C=O) groups is 2. The van der Waals surface area contributed by atoms with Gasteiger partial charge in [0.2, 0.25) is 5.91 Å². The predicted octanol–water partition coefficient (Wildman–Crippen LogP) is 2.70. The minimum atomic E-state index is -0.616. The van der Waals surface area contributed by atoms with E-state index in [9.17, 15) is 9.59 Å². The van der Waals surface area contributed by atoms with E-state index in [0.717, 1.165) is 0 Å². The molecule has 25 heavy (non-hydrogen) atoms. The first-order chi connectivity index (χ1) is 11.9. The summed E-state index contributed by atoms with van der Waals surface area (Å²) in [6, 6.07) is 9.73. The van der Waals surface area contributed by atoms with Crippen molar-refractivity contribution in [1.29, 1.82) is 0 Å². The lowest BCUT2D eigenvalue weighted by molar-refractivity contribution is -0.133. The molecule has 1 heterocycles. The molecule has 1 unspecified atom stereocenters. The Morgan fingerprint density at radius 2 is 1.88 bits per heavy atom. The van der Waals surface area contributed by atoms with Crippen molar-refractivity contribution in [2.75, 3.05) is 14.2 Å². The van der Waals surface area contributed by atoms with Crippen molar-refractivity contribution in [2.24, 2.45) is 5.92 Å². The number of ether oxygens (including phenoxy) is 1. The molecule has 1 N–H and O–H groups in total. The van der Waals surface area contributed by atoms with Crippen molar-refractivity contribution in [2.45, 2.75) is 26.4 Å². The SMILES string of the molecule is COc1ccc(C(=O)NC(C(=O)N(C)Cc2ccco2)C(C)C)cc1. The quantitative estimate of drug-likeness (QED) is 0.838. The zero-order valence-electron chi connectivity index (χ0n) is 15.0. The molecule has 134 valence electrons. The van der Waals surface area contributed by atoms with Crippen LogP contribution in [-0.2, 0) is 11.3 Å². The van der Waals surface area contributed by atoms with Gasteiger partial charge in [-0.05, 0) is 42.3 Å². The highest BCUT2D eigenvalue weighted by Gasteiger charge is 2.27. The number of rotatable bonds is 7. The average molecular weight is 344 g/mol. The van der Waals surface area contributed by atoms with Crippen LogP contribution in [0.2, 0.25) is 0 Å². The molecule has 0 bridgehead atoms. The van der Waals surface area contributed by atoms with Gasteiger partial charge in [-0.1, -0.05) is 13.8 Å². The Balaban J connectivity index is 2.05. The first-order valence-corrected chi connectivity index (χ1v) is 8.14. The predicted molar refractivity (Wildman–Crippen MR) is 94.3 cm³/mol. The molecule has 6 nitrogen and oxygen atoms in total. The van der Waals surface area contributed by atoms with Crippen LogP contribution in [0.4, 0.5) is 0 Å². The molecule has 1 atom stereocenters. The summed E-state index contributed by atoms with van der Waals surface area (Å²) in [5.41, 5.74) is 0.480. The van der Waals surface area contributed by atoms with Crippen LogP contribution in [0.3, 0.4) is 0 Å². The number of likely N-dealkylation sites (N-methyl/N-ethyl adjacent to an activating group) is 1. The normalized spacial score (nSPS) is 11.9. The summed E-state index contributed by atoms with van der Waals surface area (Å²) in [5.74, 6) is 0.870. The summed E-state index contributed by atoms with van der Waals surface area (Å²) in [6.07, 6.45) is 1.57. The van der Waals surface area contributed by atoms with Gasteiger partial charge < -0.3 is 19.4 Å². The smallest absolute Gasteiger partial charge is 0.251 e. The highest BCUT2D eigenvalue weighted by Crippen LogP contribution is 2.13. The standard InChI is InChI=1S/C19H24N2O4/c1-13(2)17(19(23)21(3)12-16-6-5-11-25-16)20-18(22)14-7-9-15(24-4)10-8-14/h5-11,13,17H,12H2,1-4H3,(H,20,22). The Kier molecular flexibility index (Phi) is 6.22. The molecule has 1 aromatic heterocycles. The van der Waals surface area contributed by atoms with Crippen LogP contribution < -0.4 is 10.1 Å². The number of nitrogens with zero attached hydrogens (tertiary/aromatic N) is 1. The molecule has 2 rings (SSSR count). The maximum absolute atomic E-state index is 12.7. The third-order valence-corrected chi connectivity index (χ3v) is 3.92. The first-order valence-electron chi connectivity index (χ1n) is 8.14. The zero-order chi connectivity index (χ0) is 18.4. The lowest BCUT2D eigenvalue weighted by Gasteiger charge is -2.26. The fourth-order valence-electron chi connectivity index (χ4n) is 2.43. The molecular weight excluding hydrogens is 320 g/mol. The van der Waals surface area contributed by atoms with Gasteiger partial charge in [-0.2, -0.15) is 0 Å². The summed E-state index contributed by atoms with van der Waals surface area (Å²) in [6.45, 7) is 4.16. The van der Waals surface area contributed by atoms with Crippen molar-refractivity contribution in [3.63, 3.8) is 0 Å². The van der Waals surface area contributed by atoms with Crippen LogP contribution >= 0.6 is 0 Å². The molecule has 0 spiro atoms. The Hall–Kier alpha value is -2.76. The van der Waals surface area contributed by atoms with E-state index >= 15 is 0 Å². The number of carbonyl (C=O) groups excluding carboxylic acids is 2. The number of hydrogen-bond acceptors (Lipinski definition) is 4. The second-order valence-electron chi connectivity index (χ2n) is 6.20. The molecule has 2 amide bonds. The molecule has 0 aliphatic rings. The van der Waals surface area contributed by atoms with E-state index in [0.29, 0.717) is 23.6 Å². The van der Waals surface area contributed by atoms with Crippen LogP contribution in [0.25, 0.3) is 0 Å². The lowest BCUT2D eigenvalue weighted by atomic mass is 10.0. The Labute approximate surface area is 147 Å². The van der Waals surface area contributed by atoms with Gasteiger partial charge in [0.1, 0.15) is 17.6 Å². The maximum Gasteiger partial charge on any atom is 0.251 e. The van der Waals surface area contributed by atoms with E-state index < -0.39 is 6.04 Å². The number of benzene rings is 1. The summed E-state index contributed by atoms with van der Waals surface area (Å²) in [5, 5.41) is 2.83. The molecule has 0 aliphatic heterocycles. The van der Waals surface area contributed by atoms with Crippen molar-refractivity contribution < 1.29 is 18.7 Å². The molecule has 0 saturated heterocycles. The van der Waals surface area contributed by atoms with Crippen LogP contribution in [0.1, 0.15) is 30.0 Å². The van der Waals surface area contributed by atoms with Gasteiger partial charge >= 0.3 is 0 Å². The van der Waals surface area contributed by atoms with E-state index in [-0.39, 0.29) is 17.7 Å². The van der Waals surface area contributed by atoms with Gasteiger partial charge in [-0.25, -0.2) is 0 Å². The van der Waals surface area contributed by atoms with Crippen molar-refractivity contribution in [3.8, 4) is 5.75 Å². The van der Waals surface area contributed by atoms with Gasteiger partial charge in [-0.3, -0.25) is 9.59 Å². The van der Waals surface area contributed by atoms with Crippen molar-refractivity contribution in [3.05, 3.63) is 54.0 Å². The number of hydrogen-bond donors (Lipinski definition) is 1. The summed E-state index contributed by atoms with van der Waals surface area (Å²) in [7, 11) is 3.26. The van der Waals surface area contributed by atoms with Crippen LogP contribution in [-0.4, -0.2) is 36.9 Å². The van der Waals surface area contributed by atoms with Crippen LogP contribution in [0.15, 0.2) is 47.1 Å². The highest BCUT2D eigenvalue weighted by molar-refractivity contribution is 5.97. The van der Waals surface area contributed by atoms with Gasteiger partial charge in [0.25, 0.3) is 5.91 Å². The zero-order valence-corrected chi connectivity index (χ0v) is 15.0. The van der Waals surface area contributed by atoms with Crippen LogP contribution in [0.5, 0.6) is 5.75 Å². The van der Waals surface area contributed by atoms with E-state index in [2.05, 4.69) is 5.32 Å². The number of amides is 2. The van der Waals surface area contributed by atoms with E-state index in [4.69, 9.17) is 9.15 Å². The number of methoxy groups -OCH3 is 1. The molecule has 0 saturated carbocycles. The van der Waals surface area contributed by atoms with Crippen molar-refractivity contribution >= 4 is 11.8 Å². The second-order valence-corrected chi connectivity index (χ2v) is 6.20. The van der Waals surface area contributed by atoms with Gasteiger partial charge in [0.15, 0.2) is 0 Å². The lowest BCUT2D eigenvalue weighted by Crippen LogP contribution is -2.50. The summed E-state index contributed by atoms with van der Waals surface area (Å²) >= 11 is 0. The molecule has 1 aromatic carbocycles. The molecule has 0 radical (unpaired) electrons. The molecule has 0 aliphatic carbocycles. The van der Waals surface area contributed by atoms with E-state index in [1.165, 1.54) is 0 Å². The van der Waals surface area contributed by atoms with Gasteiger partial charge in [0.05, 0.1) is 19.9 Å². The van der Waals surface area contributed by atoms with Gasteiger partial charge in [0, 0.05) is 12.6 Å². The van der Waals surface area contributed by atoms with Crippen molar-refractivity contribution in [1.82, 2.24) is 10.2 Å². The van der Waals surface area contributed by atoms with E-state index in [1.54, 1.807) is 55.7 Å². The molecule has 0 fully saturated rings. The van der Waals surface area contributed by atoms with Gasteiger partial charge in [-0.15, -0.1) is 0 Å². The summed E-state index contributed by atoms with van der Waals surface area (Å²) < 4.78 is 10.4. The average Bonchev–Trinajstić information content (AvgIpc) is 3.11. The topological polar surface area (TPSA) is 71.8 Å².